The van der Waals surface area contributed by atoms with Crippen LogP contribution in [-0.2, 0) is 0 Å². The molecule has 0 fully saturated rings. The van der Waals surface area contributed by atoms with Gasteiger partial charge in [0.2, 0.25) is 0 Å². The Labute approximate surface area is 118 Å². The van der Waals surface area contributed by atoms with Gasteiger partial charge in [-0.05, 0) is 12.1 Å². The minimum Gasteiger partial charge on any atom is -0.478 e. The number of hydrogen-bond acceptors (Lipinski definition) is 4. The van der Waals surface area contributed by atoms with Crippen molar-refractivity contribution in [1.29, 1.82) is 0 Å². The monoisotopic (exact) mass is 288 g/mol. The van der Waals surface area contributed by atoms with Gasteiger partial charge >= 0.3 is 5.97 Å². The predicted molar refractivity (Wildman–Crippen MR) is 75.7 cm³/mol. The number of nitrogens with two attached hydrogens (primary N) is 1. The molecule has 3 rings (SSSR count). The van der Waals surface area contributed by atoms with Gasteiger partial charge in [-0.15, -0.1) is 0 Å². The number of halogens is 1. The third kappa shape index (κ3) is 1.86. The third-order valence-electron chi connectivity index (χ3n) is 2.97. The Bertz CT molecular complexity index is 828. The molecule has 0 saturated carbocycles. The maximum atomic E-state index is 11.3. The van der Waals surface area contributed by atoms with E-state index in [1.807, 2.05) is 0 Å². The molecule has 0 aliphatic carbocycles. The summed E-state index contributed by atoms with van der Waals surface area (Å²) in [6, 6.07) is 5.04. The number of fused-ring (bicyclic) bond motifs is 1. The summed E-state index contributed by atoms with van der Waals surface area (Å²) in [7, 11) is 0. The summed E-state index contributed by atoms with van der Waals surface area (Å²) >= 11 is 5.89. The number of rotatable bonds is 2. The number of nitrogens with one attached hydrogen (secondary N) is 1. The number of carboxylic acids is 1. The lowest BCUT2D eigenvalue weighted by Crippen LogP contribution is -1.97. The fourth-order valence-electron chi connectivity index (χ4n) is 2.04. The number of hydrogen-bond donors (Lipinski definition) is 3. The summed E-state index contributed by atoms with van der Waals surface area (Å²) in [4.78, 5) is 22.3. The number of benzene rings is 1. The van der Waals surface area contributed by atoms with Gasteiger partial charge in [0, 0.05) is 11.8 Å². The molecule has 2 heterocycles. The highest BCUT2D eigenvalue weighted by atomic mass is 35.5. The zero-order chi connectivity index (χ0) is 14.3. The van der Waals surface area contributed by atoms with E-state index in [4.69, 9.17) is 17.3 Å². The molecule has 0 amide bonds. The van der Waals surface area contributed by atoms with Crippen molar-refractivity contribution in [2.24, 2.45) is 0 Å². The summed E-state index contributed by atoms with van der Waals surface area (Å²) in [5.41, 5.74) is 7.93. The Morgan fingerprint density at radius 3 is 2.85 bits per heavy atom. The molecular weight excluding hydrogens is 280 g/mol. The maximum absolute atomic E-state index is 11.3. The van der Waals surface area contributed by atoms with Crippen molar-refractivity contribution >= 4 is 34.3 Å². The topological polar surface area (TPSA) is 105 Å². The number of aromatic nitrogens is 3. The van der Waals surface area contributed by atoms with Crippen LogP contribution in [0.4, 0.5) is 5.69 Å². The first kappa shape index (κ1) is 12.4. The highest BCUT2D eigenvalue weighted by Gasteiger charge is 2.17. The van der Waals surface area contributed by atoms with Crippen LogP contribution in [0.15, 0.2) is 30.7 Å². The summed E-state index contributed by atoms with van der Waals surface area (Å²) in [6.07, 6.45) is 2.76. The lowest BCUT2D eigenvalue weighted by Gasteiger charge is -2.05. The van der Waals surface area contributed by atoms with Crippen molar-refractivity contribution in [2.45, 2.75) is 0 Å². The smallest absolute Gasteiger partial charge is 0.338 e. The molecule has 2 aromatic heterocycles. The van der Waals surface area contributed by atoms with Crippen LogP contribution in [0.2, 0.25) is 5.02 Å². The van der Waals surface area contributed by atoms with Crippen molar-refractivity contribution in [2.75, 3.05) is 5.73 Å². The number of carbonyl (C=O) groups is 1. The van der Waals surface area contributed by atoms with Crippen LogP contribution in [0.25, 0.3) is 22.3 Å². The van der Waals surface area contributed by atoms with Crippen LogP contribution >= 0.6 is 11.6 Å². The van der Waals surface area contributed by atoms with Crippen LogP contribution in [0.3, 0.4) is 0 Å². The van der Waals surface area contributed by atoms with E-state index in [9.17, 15) is 9.90 Å². The number of H-pyrrole nitrogens is 1. The van der Waals surface area contributed by atoms with Crippen molar-refractivity contribution in [3.63, 3.8) is 0 Å². The quantitative estimate of drug-likeness (QED) is 0.629. The van der Waals surface area contributed by atoms with E-state index >= 15 is 0 Å². The molecule has 4 N–H and O–H groups in total. The molecule has 20 heavy (non-hydrogen) atoms. The minimum absolute atomic E-state index is 0.115. The summed E-state index contributed by atoms with van der Waals surface area (Å²) in [6.45, 7) is 0. The van der Waals surface area contributed by atoms with Gasteiger partial charge < -0.3 is 15.8 Å². The second kappa shape index (κ2) is 4.50. The van der Waals surface area contributed by atoms with Crippen molar-refractivity contribution < 1.29 is 9.90 Å². The molecule has 100 valence electrons. The van der Waals surface area contributed by atoms with Crippen LogP contribution in [0.1, 0.15) is 10.4 Å². The van der Waals surface area contributed by atoms with Gasteiger partial charge in [-0.25, -0.2) is 14.8 Å². The number of nitrogens with zero attached hydrogens (tertiary/aromatic N) is 2. The van der Waals surface area contributed by atoms with Gasteiger partial charge in [-0.2, -0.15) is 0 Å². The lowest BCUT2D eigenvalue weighted by atomic mass is 10.1. The number of aromatic carboxylic acids is 1. The van der Waals surface area contributed by atoms with Gasteiger partial charge in [-0.1, -0.05) is 17.7 Å². The predicted octanol–water partition coefficient (Wildman–Crippen LogP) is 2.56. The molecule has 0 radical (unpaired) electrons. The Morgan fingerprint density at radius 2 is 2.15 bits per heavy atom. The molecule has 0 unspecified atom stereocenters. The first-order valence-electron chi connectivity index (χ1n) is 5.68. The fraction of sp³-hybridized carbons (Fsp3) is 0. The second-order valence-corrected chi connectivity index (χ2v) is 4.60. The Morgan fingerprint density at radius 1 is 1.35 bits per heavy atom. The van der Waals surface area contributed by atoms with E-state index in [-0.39, 0.29) is 5.56 Å². The van der Waals surface area contributed by atoms with Crippen molar-refractivity contribution in [3.05, 3.63) is 41.3 Å². The van der Waals surface area contributed by atoms with E-state index in [0.29, 0.717) is 33.0 Å². The second-order valence-electron chi connectivity index (χ2n) is 4.19. The first-order valence-corrected chi connectivity index (χ1v) is 6.06. The van der Waals surface area contributed by atoms with Gasteiger partial charge in [0.05, 0.1) is 27.4 Å². The molecule has 7 heteroatoms. The number of anilines is 1. The van der Waals surface area contributed by atoms with E-state index < -0.39 is 5.97 Å². The molecule has 0 aliphatic heterocycles. The molecular formula is C13H9ClN4O2. The average molecular weight is 289 g/mol. The largest absolute Gasteiger partial charge is 0.478 e. The SMILES string of the molecule is Nc1cc(-c2ncnc3[nH]cc(C(=O)O)c23)ccc1Cl. The third-order valence-corrected chi connectivity index (χ3v) is 3.31. The molecule has 0 atom stereocenters. The molecule has 1 aromatic carbocycles. The summed E-state index contributed by atoms with van der Waals surface area (Å²) in [5.74, 6) is -1.05. The standard InChI is InChI=1S/C13H9ClN4O2/c14-8-2-1-6(3-9(8)15)11-10-7(13(19)20)4-16-12(10)18-5-17-11/h1-5H,15H2,(H,19,20)(H,16,17,18). The molecule has 6 nitrogen and oxygen atoms in total. The fourth-order valence-corrected chi connectivity index (χ4v) is 2.16. The number of nitrogen functional groups attached to an aromatic ring is 1. The zero-order valence-corrected chi connectivity index (χ0v) is 10.8. The zero-order valence-electron chi connectivity index (χ0n) is 10.1. The lowest BCUT2D eigenvalue weighted by molar-refractivity contribution is 0.0699. The average Bonchev–Trinajstić information content (AvgIpc) is 2.86. The van der Waals surface area contributed by atoms with Gasteiger partial charge in [-0.3, -0.25) is 0 Å². The van der Waals surface area contributed by atoms with E-state index in [1.54, 1.807) is 18.2 Å². The van der Waals surface area contributed by atoms with Crippen molar-refractivity contribution in [1.82, 2.24) is 15.0 Å². The number of carboxylic acid groups (broad SMARTS) is 1. The van der Waals surface area contributed by atoms with Crippen LogP contribution in [0.5, 0.6) is 0 Å². The highest BCUT2D eigenvalue weighted by Crippen LogP contribution is 2.31. The van der Waals surface area contributed by atoms with Crippen LogP contribution in [0, 0.1) is 0 Å². The van der Waals surface area contributed by atoms with Crippen molar-refractivity contribution in [3.8, 4) is 11.3 Å². The normalized spacial score (nSPS) is 10.8. The van der Waals surface area contributed by atoms with E-state index in [0.717, 1.165) is 0 Å². The Kier molecular flexibility index (Phi) is 2.80. The Balaban J connectivity index is 2.32. The minimum atomic E-state index is -1.05. The van der Waals surface area contributed by atoms with Gasteiger partial charge in [0.1, 0.15) is 12.0 Å². The van der Waals surface area contributed by atoms with Crippen LogP contribution < -0.4 is 5.73 Å². The van der Waals surface area contributed by atoms with Gasteiger partial charge in [0.15, 0.2) is 0 Å². The van der Waals surface area contributed by atoms with Crippen LogP contribution in [-0.4, -0.2) is 26.0 Å². The molecule has 3 aromatic rings. The summed E-state index contributed by atoms with van der Waals surface area (Å²) in [5, 5.41) is 10.1. The Hall–Kier alpha value is -2.60. The number of aromatic amines is 1. The molecule has 0 bridgehead atoms. The molecule has 0 saturated heterocycles. The van der Waals surface area contributed by atoms with E-state index in [2.05, 4.69) is 15.0 Å². The highest BCUT2D eigenvalue weighted by molar-refractivity contribution is 6.33. The summed E-state index contributed by atoms with van der Waals surface area (Å²) < 4.78 is 0. The molecule has 0 aliphatic rings. The maximum Gasteiger partial charge on any atom is 0.338 e. The first-order chi connectivity index (χ1) is 9.58. The van der Waals surface area contributed by atoms with E-state index in [1.165, 1.54) is 12.5 Å². The van der Waals surface area contributed by atoms with Gasteiger partial charge in [0.25, 0.3) is 0 Å². The molecule has 0 spiro atoms.